The van der Waals surface area contributed by atoms with E-state index in [9.17, 15) is 4.79 Å². The van der Waals surface area contributed by atoms with E-state index in [-0.39, 0.29) is 11.9 Å². The van der Waals surface area contributed by atoms with Gasteiger partial charge in [0.15, 0.2) is 6.10 Å². The summed E-state index contributed by atoms with van der Waals surface area (Å²) in [6.07, 6.45) is 4.57. The second-order valence-electron chi connectivity index (χ2n) is 7.17. The minimum absolute atomic E-state index is 0.205. The van der Waals surface area contributed by atoms with Gasteiger partial charge in [0.1, 0.15) is 12.1 Å². The highest BCUT2D eigenvalue weighted by Gasteiger charge is 2.25. The van der Waals surface area contributed by atoms with E-state index in [4.69, 9.17) is 9.26 Å². The molecule has 0 spiro atoms. The van der Waals surface area contributed by atoms with Crippen LogP contribution in [0.1, 0.15) is 36.2 Å². The zero-order valence-corrected chi connectivity index (χ0v) is 16.4. The number of carbonyl (C=O) groups is 1. The lowest BCUT2D eigenvalue weighted by molar-refractivity contribution is -0.126. The van der Waals surface area contributed by atoms with Gasteiger partial charge in [0, 0.05) is 38.9 Å². The average Bonchev–Trinajstić information content (AvgIpc) is 3.42. The maximum Gasteiger partial charge on any atom is 0.259 e. The highest BCUT2D eigenvalue weighted by molar-refractivity contribution is 5.94. The number of rotatable bonds is 7. The van der Waals surface area contributed by atoms with Crippen LogP contribution in [0.2, 0.25) is 0 Å². The van der Waals surface area contributed by atoms with Gasteiger partial charge in [-0.1, -0.05) is 35.5 Å². The fraction of sp³-hybridized carbons (Fsp3) is 0.381. The number of ether oxygens (including phenoxy) is 1. The van der Waals surface area contributed by atoms with E-state index in [0.717, 1.165) is 43.7 Å². The molecular formula is C21H25N5O3. The first-order valence-corrected chi connectivity index (χ1v) is 9.78. The van der Waals surface area contributed by atoms with Gasteiger partial charge in [-0.05, 0) is 18.4 Å². The molecule has 1 N–H and O–H groups in total. The highest BCUT2D eigenvalue weighted by atomic mass is 16.5. The number of likely N-dealkylation sites (tertiary alicyclic amines) is 1. The van der Waals surface area contributed by atoms with Gasteiger partial charge in [-0.2, -0.15) is 5.10 Å². The molecule has 1 atom stereocenters. The summed E-state index contributed by atoms with van der Waals surface area (Å²) in [4.78, 5) is 15.2. The molecule has 0 aliphatic carbocycles. The summed E-state index contributed by atoms with van der Waals surface area (Å²) in [7, 11) is 1.54. The zero-order chi connectivity index (χ0) is 20.1. The van der Waals surface area contributed by atoms with Crippen molar-refractivity contribution in [1.29, 1.82) is 0 Å². The molecular weight excluding hydrogens is 370 g/mol. The molecule has 1 aromatic carbocycles. The lowest BCUT2D eigenvalue weighted by Crippen LogP contribution is -2.35. The predicted molar refractivity (Wildman–Crippen MR) is 107 cm³/mol. The topological polar surface area (TPSA) is 85.4 Å². The number of hydrogen-bond acceptors (Lipinski definition) is 6. The van der Waals surface area contributed by atoms with Gasteiger partial charge >= 0.3 is 0 Å². The number of hydrogen-bond donors (Lipinski definition) is 1. The largest absolute Gasteiger partial charge is 0.367 e. The molecule has 0 unspecified atom stereocenters. The van der Waals surface area contributed by atoms with Crippen molar-refractivity contribution in [2.24, 2.45) is 0 Å². The Balaban J connectivity index is 1.38. The molecule has 0 bridgehead atoms. The smallest absolute Gasteiger partial charge is 0.259 e. The molecule has 8 heteroatoms. The van der Waals surface area contributed by atoms with Crippen molar-refractivity contribution in [2.75, 3.05) is 25.5 Å². The first kappa shape index (κ1) is 19.4. The molecule has 4 rings (SSSR count). The Hall–Kier alpha value is -2.97. The predicted octanol–water partition coefficient (Wildman–Crippen LogP) is 3.03. The van der Waals surface area contributed by atoms with Crippen molar-refractivity contribution in [2.45, 2.75) is 31.5 Å². The number of methoxy groups -OCH3 is 1. The second-order valence-corrected chi connectivity index (χ2v) is 7.17. The SMILES string of the molecule is CO[C@H](C(=O)Nc1ccnn1C1CCN(Cc2ccon2)CC1)c1ccccc1. The fourth-order valence-corrected chi connectivity index (χ4v) is 3.79. The molecule has 1 fully saturated rings. The third-order valence-corrected chi connectivity index (χ3v) is 5.28. The first-order chi connectivity index (χ1) is 14.2. The van der Waals surface area contributed by atoms with Crippen LogP contribution in [0.25, 0.3) is 0 Å². The molecule has 8 nitrogen and oxygen atoms in total. The number of benzene rings is 1. The number of amides is 1. The Morgan fingerprint density at radius 1 is 1.24 bits per heavy atom. The van der Waals surface area contributed by atoms with E-state index in [1.54, 1.807) is 19.6 Å². The van der Waals surface area contributed by atoms with E-state index in [1.807, 2.05) is 47.1 Å². The van der Waals surface area contributed by atoms with Crippen molar-refractivity contribution in [3.63, 3.8) is 0 Å². The summed E-state index contributed by atoms with van der Waals surface area (Å²) >= 11 is 0. The third kappa shape index (κ3) is 4.55. The second kappa shape index (κ2) is 9.02. The van der Waals surface area contributed by atoms with Crippen molar-refractivity contribution in [3.8, 4) is 0 Å². The van der Waals surface area contributed by atoms with Crippen molar-refractivity contribution < 1.29 is 14.1 Å². The summed E-state index contributed by atoms with van der Waals surface area (Å²) < 4.78 is 12.3. The molecule has 0 radical (unpaired) electrons. The van der Waals surface area contributed by atoms with Gasteiger partial charge in [-0.25, -0.2) is 4.68 Å². The average molecular weight is 395 g/mol. The van der Waals surface area contributed by atoms with E-state index in [1.165, 1.54) is 0 Å². The van der Waals surface area contributed by atoms with Gasteiger partial charge < -0.3 is 14.6 Å². The van der Waals surface area contributed by atoms with Crippen molar-refractivity contribution in [1.82, 2.24) is 19.8 Å². The Morgan fingerprint density at radius 3 is 2.72 bits per heavy atom. The van der Waals surface area contributed by atoms with Gasteiger partial charge in [-0.15, -0.1) is 0 Å². The normalized spacial score (nSPS) is 16.6. The number of piperidine rings is 1. The molecule has 2 aromatic heterocycles. The molecule has 1 aliphatic heterocycles. The molecule has 1 aliphatic rings. The zero-order valence-electron chi connectivity index (χ0n) is 16.4. The van der Waals surface area contributed by atoms with Crippen LogP contribution in [0.4, 0.5) is 5.82 Å². The molecule has 29 heavy (non-hydrogen) atoms. The van der Waals surface area contributed by atoms with Crippen LogP contribution in [-0.4, -0.2) is 45.9 Å². The van der Waals surface area contributed by atoms with Crippen molar-refractivity contribution in [3.05, 3.63) is 66.2 Å². The minimum Gasteiger partial charge on any atom is -0.367 e. The number of nitrogens with one attached hydrogen (secondary N) is 1. The monoisotopic (exact) mass is 395 g/mol. The standard InChI is InChI=1S/C21H25N5O3/c1-28-20(16-5-3-2-4-6-16)21(27)23-19-7-11-22-26(19)18-8-12-25(13-9-18)15-17-10-14-29-24-17/h2-7,10-11,14,18,20H,8-9,12-13,15H2,1H3,(H,23,27)/t20-/m0/s1. The van der Waals surface area contributed by atoms with E-state index >= 15 is 0 Å². The summed E-state index contributed by atoms with van der Waals surface area (Å²) in [5, 5.41) is 11.4. The van der Waals surface area contributed by atoms with Crippen LogP contribution in [0.15, 0.2) is 59.4 Å². The van der Waals surface area contributed by atoms with Crippen LogP contribution < -0.4 is 5.32 Å². The van der Waals surface area contributed by atoms with Crippen LogP contribution in [0, 0.1) is 0 Å². The Morgan fingerprint density at radius 2 is 2.03 bits per heavy atom. The molecule has 0 saturated carbocycles. The lowest BCUT2D eigenvalue weighted by Gasteiger charge is -2.32. The molecule has 3 heterocycles. The maximum absolute atomic E-state index is 12.8. The minimum atomic E-state index is -0.663. The molecule has 3 aromatic rings. The highest BCUT2D eigenvalue weighted by Crippen LogP contribution is 2.27. The third-order valence-electron chi connectivity index (χ3n) is 5.28. The Kier molecular flexibility index (Phi) is 6.02. The molecule has 1 amide bonds. The summed E-state index contributed by atoms with van der Waals surface area (Å²) in [6.45, 7) is 2.67. The number of nitrogens with zero attached hydrogens (tertiary/aromatic N) is 4. The fourth-order valence-electron chi connectivity index (χ4n) is 3.79. The van der Waals surface area contributed by atoms with Gasteiger partial charge in [-0.3, -0.25) is 9.69 Å². The summed E-state index contributed by atoms with van der Waals surface area (Å²) in [5.74, 6) is 0.492. The number of aromatic nitrogens is 3. The maximum atomic E-state index is 12.8. The van der Waals surface area contributed by atoms with Crippen molar-refractivity contribution >= 4 is 11.7 Å². The van der Waals surface area contributed by atoms with E-state index in [2.05, 4.69) is 20.5 Å². The molecule has 1 saturated heterocycles. The lowest BCUT2D eigenvalue weighted by atomic mass is 10.0. The van der Waals surface area contributed by atoms with Crippen LogP contribution in [0.5, 0.6) is 0 Å². The van der Waals surface area contributed by atoms with Crippen LogP contribution in [-0.2, 0) is 16.1 Å². The van der Waals surface area contributed by atoms with Crippen LogP contribution >= 0.6 is 0 Å². The quantitative estimate of drug-likeness (QED) is 0.662. The van der Waals surface area contributed by atoms with Gasteiger partial charge in [0.25, 0.3) is 5.91 Å². The van der Waals surface area contributed by atoms with E-state index in [0.29, 0.717) is 5.82 Å². The first-order valence-electron chi connectivity index (χ1n) is 9.78. The summed E-state index contributed by atoms with van der Waals surface area (Å²) in [5.41, 5.74) is 1.77. The van der Waals surface area contributed by atoms with E-state index < -0.39 is 6.10 Å². The molecule has 152 valence electrons. The van der Waals surface area contributed by atoms with Gasteiger partial charge in [0.2, 0.25) is 0 Å². The number of anilines is 1. The van der Waals surface area contributed by atoms with Crippen LogP contribution in [0.3, 0.4) is 0 Å². The summed E-state index contributed by atoms with van der Waals surface area (Å²) in [6, 6.07) is 13.4. The Bertz CT molecular complexity index is 902. The number of carbonyl (C=O) groups excluding carboxylic acids is 1. The van der Waals surface area contributed by atoms with Gasteiger partial charge in [0.05, 0.1) is 17.9 Å². The Labute approximate surface area is 169 Å².